The average molecular weight is 364 g/mol. The predicted molar refractivity (Wildman–Crippen MR) is 94.6 cm³/mol. The van der Waals surface area contributed by atoms with Gasteiger partial charge < -0.3 is 14.8 Å². The van der Waals surface area contributed by atoms with Crippen LogP contribution in [0.5, 0.6) is 0 Å². The minimum absolute atomic E-state index is 0.00804. The third-order valence-corrected chi connectivity index (χ3v) is 4.47. The maximum atomic E-state index is 12.2. The normalized spacial score (nSPS) is 13.7. The van der Waals surface area contributed by atoms with Gasteiger partial charge in [0.1, 0.15) is 16.9 Å². The minimum Gasteiger partial charge on any atom is -0.458 e. The Balaban J connectivity index is 1.74. The second kappa shape index (κ2) is 6.48. The number of benzene rings is 2. The van der Waals surface area contributed by atoms with Crippen molar-refractivity contribution < 1.29 is 14.3 Å². The molecule has 1 unspecified atom stereocenters. The summed E-state index contributed by atoms with van der Waals surface area (Å²) < 4.78 is 5.67. The van der Waals surface area contributed by atoms with E-state index in [1.54, 1.807) is 25.1 Å². The highest BCUT2D eigenvalue weighted by Gasteiger charge is 2.28. The quantitative estimate of drug-likeness (QED) is 0.722. The number of nitrogens with one attached hydrogen (secondary N) is 1. The number of hydrogen-bond acceptors (Lipinski definition) is 3. The van der Waals surface area contributed by atoms with Crippen LogP contribution < -0.4 is 5.32 Å². The van der Waals surface area contributed by atoms with Crippen LogP contribution in [-0.4, -0.2) is 17.6 Å². The summed E-state index contributed by atoms with van der Waals surface area (Å²) in [5.41, 5.74) is -0.293. The molecule has 0 spiro atoms. The van der Waals surface area contributed by atoms with E-state index in [1.807, 2.05) is 24.3 Å². The van der Waals surface area contributed by atoms with Crippen molar-refractivity contribution in [2.75, 3.05) is 6.54 Å². The van der Waals surface area contributed by atoms with Gasteiger partial charge in [0.25, 0.3) is 5.91 Å². The van der Waals surface area contributed by atoms with E-state index < -0.39 is 5.60 Å². The summed E-state index contributed by atoms with van der Waals surface area (Å²) in [6.07, 6.45) is 0. The molecule has 0 saturated carbocycles. The molecule has 0 aliphatic rings. The van der Waals surface area contributed by atoms with E-state index in [2.05, 4.69) is 5.32 Å². The van der Waals surface area contributed by atoms with Crippen LogP contribution >= 0.6 is 23.2 Å². The molecular formula is C18H15Cl2NO3. The van der Waals surface area contributed by atoms with E-state index in [4.69, 9.17) is 27.6 Å². The molecule has 1 amide bonds. The highest BCUT2D eigenvalue weighted by atomic mass is 35.5. The van der Waals surface area contributed by atoms with E-state index in [1.165, 1.54) is 6.07 Å². The Hall–Kier alpha value is -2.01. The zero-order chi connectivity index (χ0) is 17.3. The summed E-state index contributed by atoms with van der Waals surface area (Å²) >= 11 is 11.8. The predicted octanol–water partition coefficient (Wildman–Crippen LogP) is 4.38. The lowest BCUT2D eigenvalue weighted by Crippen LogP contribution is -2.38. The van der Waals surface area contributed by atoms with Gasteiger partial charge in [-0.2, -0.15) is 0 Å². The smallest absolute Gasteiger partial charge is 0.251 e. The highest BCUT2D eigenvalue weighted by molar-refractivity contribution is 6.42. The summed E-state index contributed by atoms with van der Waals surface area (Å²) in [6, 6.07) is 13.8. The second-order valence-electron chi connectivity index (χ2n) is 5.73. The van der Waals surface area contributed by atoms with Crippen molar-refractivity contribution in [3.05, 3.63) is 69.9 Å². The third-order valence-electron chi connectivity index (χ3n) is 3.73. The number of rotatable bonds is 4. The number of aliphatic hydroxyl groups is 1. The zero-order valence-electron chi connectivity index (χ0n) is 12.8. The first-order valence-corrected chi connectivity index (χ1v) is 8.07. The molecule has 3 aromatic rings. The van der Waals surface area contributed by atoms with E-state index in [-0.39, 0.29) is 12.5 Å². The molecule has 0 aliphatic carbocycles. The monoisotopic (exact) mass is 363 g/mol. The number of fused-ring (bicyclic) bond motifs is 1. The standard InChI is InChI=1S/C18H15Cl2NO3/c1-18(23,16-9-11-4-2-3-5-15(11)24-16)10-21-17(22)12-6-7-13(19)14(20)8-12/h2-9,23H,10H2,1H3,(H,21,22). The number of hydrogen-bond donors (Lipinski definition) is 2. The van der Waals surface area contributed by atoms with Crippen LogP contribution in [-0.2, 0) is 5.60 Å². The van der Waals surface area contributed by atoms with Crippen LogP contribution in [0.25, 0.3) is 11.0 Å². The van der Waals surface area contributed by atoms with E-state index in [9.17, 15) is 9.90 Å². The Morgan fingerprint density at radius 3 is 2.62 bits per heavy atom. The topological polar surface area (TPSA) is 62.5 Å². The molecule has 24 heavy (non-hydrogen) atoms. The second-order valence-corrected chi connectivity index (χ2v) is 6.55. The fraction of sp³-hybridized carbons (Fsp3) is 0.167. The van der Waals surface area contributed by atoms with E-state index in [0.717, 1.165) is 5.39 Å². The Morgan fingerprint density at radius 2 is 1.92 bits per heavy atom. The number of para-hydroxylation sites is 1. The molecule has 0 aliphatic heterocycles. The van der Waals surface area contributed by atoms with E-state index >= 15 is 0 Å². The average Bonchev–Trinajstić information content (AvgIpc) is 3.00. The van der Waals surface area contributed by atoms with Crippen molar-refractivity contribution in [2.45, 2.75) is 12.5 Å². The highest BCUT2D eigenvalue weighted by Crippen LogP contribution is 2.28. The lowest BCUT2D eigenvalue weighted by atomic mass is 10.0. The fourth-order valence-electron chi connectivity index (χ4n) is 2.33. The van der Waals surface area contributed by atoms with Gasteiger partial charge >= 0.3 is 0 Å². The first kappa shape index (κ1) is 16.8. The summed E-state index contributed by atoms with van der Waals surface area (Å²) in [4.78, 5) is 12.2. The molecule has 1 aromatic heterocycles. The maximum Gasteiger partial charge on any atom is 0.251 e. The van der Waals surface area contributed by atoms with Gasteiger partial charge in [0.15, 0.2) is 0 Å². The van der Waals surface area contributed by atoms with Crippen molar-refractivity contribution in [1.29, 1.82) is 0 Å². The van der Waals surface area contributed by atoms with Crippen molar-refractivity contribution in [3.8, 4) is 0 Å². The molecule has 0 saturated heterocycles. The maximum absolute atomic E-state index is 12.2. The van der Waals surface area contributed by atoms with Gasteiger partial charge in [-0.15, -0.1) is 0 Å². The lowest BCUT2D eigenvalue weighted by molar-refractivity contribution is 0.0344. The number of carbonyl (C=O) groups excluding carboxylic acids is 1. The summed E-state index contributed by atoms with van der Waals surface area (Å²) in [6.45, 7) is 1.58. The Morgan fingerprint density at radius 1 is 1.17 bits per heavy atom. The van der Waals surface area contributed by atoms with Gasteiger partial charge in [0.05, 0.1) is 16.6 Å². The molecule has 0 bridgehead atoms. The molecule has 6 heteroatoms. The molecule has 4 nitrogen and oxygen atoms in total. The van der Waals surface area contributed by atoms with Gasteiger partial charge in [0.2, 0.25) is 0 Å². The Bertz CT molecular complexity index is 869. The molecule has 1 atom stereocenters. The molecule has 0 fully saturated rings. The van der Waals surface area contributed by atoms with Crippen LogP contribution in [0.3, 0.4) is 0 Å². The first-order valence-electron chi connectivity index (χ1n) is 7.31. The Kier molecular flexibility index (Phi) is 4.54. The molecule has 0 radical (unpaired) electrons. The van der Waals surface area contributed by atoms with Crippen LogP contribution in [0.15, 0.2) is 52.9 Å². The number of amides is 1. The van der Waals surface area contributed by atoms with E-state index in [0.29, 0.717) is 27.0 Å². The Labute approximate surface area is 149 Å². The third kappa shape index (κ3) is 3.41. The van der Waals surface area contributed by atoms with Gasteiger partial charge in [-0.1, -0.05) is 41.4 Å². The minimum atomic E-state index is -1.34. The van der Waals surface area contributed by atoms with Gasteiger partial charge in [0, 0.05) is 10.9 Å². The number of halogens is 2. The molecule has 3 rings (SSSR count). The molecule has 2 aromatic carbocycles. The van der Waals surface area contributed by atoms with Crippen LogP contribution in [0.2, 0.25) is 10.0 Å². The largest absolute Gasteiger partial charge is 0.458 e. The van der Waals surface area contributed by atoms with Crippen LogP contribution in [0.4, 0.5) is 0 Å². The first-order chi connectivity index (χ1) is 11.4. The summed E-state index contributed by atoms with van der Waals surface area (Å²) in [7, 11) is 0. The van der Waals surface area contributed by atoms with Gasteiger partial charge in [-0.3, -0.25) is 4.79 Å². The van der Waals surface area contributed by atoms with Crippen LogP contribution in [0, 0.1) is 0 Å². The molecule has 1 heterocycles. The SMILES string of the molecule is CC(O)(CNC(=O)c1ccc(Cl)c(Cl)c1)c1cc2ccccc2o1. The lowest BCUT2D eigenvalue weighted by Gasteiger charge is -2.21. The number of carbonyl (C=O) groups is 1. The van der Waals surface area contributed by atoms with Crippen molar-refractivity contribution in [3.63, 3.8) is 0 Å². The van der Waals surface area contributed by atoms with Crippen molar-refractivity contribution in [1.82, 2.24) is 5.32 Å². The number of furan rings is 1. The van der Waals surface area contributed by atoms with Crippen LogP contribution in [0.1, 0.15) is 23.0 Å². The fourth-order valence-corrected chi connectivity index (χ4v) is 2.62. The molecule has 124 valence electrons. The zero-order valence-corrected chi connectivity index (χ0v) is 14.4. The van der Waals surface area contributed by atoms with Crippen molar-refractivity contribution in [2.24, 2.45) is 0 Å². The summed E-state index contributed by atoms with van der Waals surface area (Å²) in [5.74, 6) is 0.0306. The van der Waals surface area contributed by atoms with Crippen molar-refractivity contribution >= 4 is 40.1 Å². The van der Waals surface area contributed by atoms with Gasteiger partial charge in [-0.05, 0) is 37.3 Å². The molecule has 2 N–H and O–H groups in total. The van der Waals surface area contributed by atoms with Gasteiger partial charge in [-0.25, -0.2) is 0 Å². The molecular weight excluding hydrogens is 349 g/mol. The summed E-state index contributed by atoms with van der Waals surface area (Å²) in [5, 5.41) is 14.9.